The maximum Gasteiger partial charge on any atom is 0.234 e. The molecule has 1 fully saturated rings. The van der Waals surface area contributed by atoms with E-state index in [0.29, 0.717) is 30.1 Å². The summed E-state index contributed by atoms with van der Waals surface area (Å²) in [4.78, 5) is 23.1. The highest BCUT2D eigenvalue weighted by atomic mass is 16.5. The standard InChI is InChI=1S/C14H17NO5/c1-18-10-6-8(7-11(19-2)13(10)20-3)9-4-5-12(16)15-14(9)17/h6-7,9H,4-5H2,1-3H3,(H,15,16,17). The quantitative estimate of drug-likeness (QED) is 0.839. The molecule has 0 saturated carbocycles. The number of methoxy groups -OCH3 is 3. The Labute approximate surface area is 117 Å². The van der Waals surface area contributed by atoms with E-state index in [1.54, 1.807) is 12.1 Å². The van der Waals surface area contributed by atoms with Crippen LogP contribution in [-0.2, 0) is 9.59 Å². The van der Waals surface area contributed by atoms with E-state index in [1.165, 1.54) is 21.3 Å². The molecule has 6 nitrogen and oxygen atoms in total. The van der Waals surface area contributed by atoms with Gasteiger partial charge in [0.15, 0.2) is 11.5 Å². The number of carbonyl (C=O) groups is 2. The summed E-state index contributed by atoms with van der Waals surface area (Å²) in [5, 5.41) is 2.34. The lowest BCUT2D eigenvalue weighted by atomic mass is 9.90. The van der Waals surface area contributed by atoms with E-state index in [9.17, 15) is 9.59 Å². The maximum absolute atomic E-state index is 11.9. The molecule has 1 atom stereocenters. The Balaban J connectivity index is 2.42. The number of piperidine rings is 1. The van der Waals surface area contributed by atoms with Crippen molar-refractivity contribution >= 4 is 11.8 Å². The second-order valence-electron chi connectivity index (χ2n) is 4.46. The molecule has 20 heavy (non-hydrogen) atoms. The van der Waals surface area contributed by atoms with E-state index in [-0.39, 0.29) is 17.7 Å². The second kappa shape index (κ2) is 5.81. The largest absolute Gasteiger partial charge is 0.493 e. The molecule has 1 N–H and O–H groups in total. The molecule has 6 heteroatoms. The molecule has 1 aromatic carbocycles. The van der Waals surface area contributed by atoms with Crippen LogP contribution in [0.3, 0.4) is 0 Å². The van der Waals surface area contributed by atoms with Gasteiger partial charge in [-0.05, 0) is 24.1 Å². The molecule has 1 saturated heterocycles. The third-order valence-corrected chi connectivity index (χ3v) is 3.33. The minimum Gasteiger partial charge on any atom is -0.493 e. The van der Waals surface area contributed by atoms with Crippen LogP contribution < -0.4 is 19.5 Å². The van der Waals surface area contributed by atoms with Gasteiger partial charge in [0.25, 0.3) is 0 Å². The van der Waals surface area contributed by atoms with Crippen LogP contribution in [-0.4, -0.2) is 33.1 Å². The highest BCUT2D eigenvalue weighted by Crippen LogP contribution is 2.41. The summed E-state index contributed by atoms with van der Waals surface area (Å²) in [7, 11) is 4.56. The minimum atomic E-state index is -0.388. The van der Waals surface area contributed by atoms with Gasteiger partial charge in [-0.15, -0.1) is 0 Å². The van der Waals surface area contributed by atoms with Gasteiger partial charge in [0.1, 0.15) is 0 Å². The molecule has 1 aromatic rings. The van der Waals surface area contributed by atoms with Crippen molar-refractivity contribution in [2.24, 2.45) is 0 Å². The zero-order valence-electron chi connectivity index (χ0n) is 11.7. The van der Waals surface area contributed by atoms with Crippen molar-refractivity contribution in [2.45, 2.75) is 18.8 Å². The highest BCUT2D eigenvalue weighted by Gasteiger charge is 2.29. The Kier molecular flexibility index (Phi) is 4.12. The van der Waals surface area contributed by atoms with Crippen molar-refractivity contribution in [3.05, 3.63) is 17.7 Å². The van der Waals surface area contributed by atoms with E-state index in [4.69, 9.17) is 14.2 Å². The maximum atomic E-state index is 11.9. The Bertz CT molecular complexity index is 515. The summed E-state index contributed by atoms with van der Waals surface area (Å²) in [6.45, 7) is 0. The molecule has 0 aromatic heterocycles. The predicted octanol–water partition coefficient (Wildman–Crippen LogP) is 1.23. The Morgan fingerprint density at radius 3 is 2.10 bits per heavy atom. The SMILES string of the molecule is COc1cc(C2CCC(=O)NC2=O)cc(OC)c1OC. The lowest BCUT2D eigenvalue weighted by Gasteiger charge is -2.23. The Morgan fingerprint density at radius 1 is 1.05 bits per heavy atom. The van der Waals surface area contributed by atoms with Gasteiger partial charge in [-0.1, -0.05) is 0 Å². The second-order valence-corrected chi connectivity index (χ2v) is 4.46. The lowest BCUT2D eigenvalue weighted by molar-refractivity contribution is -0.134. The van der Waals surface area contributed by atoms with Crippen molar-refractivity contribution in [3.8, 4) is 17.2 Å². The molecule has 1 aliphatic heterocycles. The summed E-state index contributed by atoms with van der Waals surface area (Å²) in [5.74, 6) is 0.541. The number of ether oxygens (including phenoxy) is 3. The molecule has 108 valence electrons. The fourth-order valence-electron chi connectivity index (χ4n) is 2.31. The van der Waals surface area contributed by atoms with Gasteiger partial charge in [0, 0.05) is 6.42 Å². The monoisotopic (exact) mass is 279 g/mol. The van der Waals surface area contributed by atoms with Gasteiger partial charge >= 0.3 is 0 Å². The molecular formula is C14H17NO5. The van der Waals surface area contributed by atoms with Crippen molar-refractivity contribution in [2.75, 3.05) is 21.3 Å². The number of amides is 2. The molecule has 1 heterocycles. The minimum absolute atomic E-state index is 0.237. The van der Waals surface area contributed by atoms with E-state index >= 15 is 0 Å². The molecule has 2 amide bonds. The van der Waals surface area contributed by atoms with Crippen LogP contribution in [0.5, 0.6) is 17.2 Å². The van der Waals surface area contributed by atoms with Crippen LogP contribution >= 0.6 is 0 Å². The highest BCUT2D eigenvalue weighted by molar-refractivity contribution is 6.01. The topological polar surface area (TPSA) is 73.9 Å². The molecule has 2 rings (SSSR count). The molecule has 1 aliphatic rings. The zero-order chi connectivity index (χ0) is 14.7. The van der Waals surface area contributed by atoms with Crippen LogP contribution in [0.2, 0.25) is 0 Å². The molecule has 0 aliphatic carbocycles. The van der Waals surface area contributed by atoms with Crippen LogP contribution in [0.4, 0.5) is 0 Å². The number of imide groups is 1. The summed E-state index contributed by atoms with van der Waals surface area (Å²) in [6, 6.07) is 3.47. The molecule has 0 radical (unpaired) electrons. The third-order valence-electron chi connectivity index (χ3n) is 3.33. The Hall–Kier alpha value is -2.24. The van der Waals surface area contributed by atoms with Gasteiger partial charge < -0.3 is 14.2 Å². The smallest absolute Gasteiger partial charge is 0.234 e. The van der Waals surface area contributed by atoms with E-state index in [2.05, 4.69) is 5.32 Å². The first-order chi connectivity index (χ1) is 9.60. The Morgan fingerprint density at radius 2 is 1.65 bits per heavy atom. The van der Waals surface area contributed by atoms with E-state index < -0.39 is 0 Å². The summed E-state index contributed by atoms with van der Waals surface area (Å²) in [5.41, 5.74) is 0.740. The number of rotatable bonds is 4. The first kappa shape index (κ1) is 14.2. The average Bonchev–Trinajstić information content (AvgIpc) is 2.45. The number of hydrogen-bond acceptors (Lipinski definition) is 5. The summed E-state index contributed by atoms with van der Waals surface area (Å²) in [6.07, 6.45) is 0.802. The van der Waals surface area contributed by atoms with E-state index in [1.807, 2.05) is 0 Å². The predicted molar refractivity (Wildman–Crippen MR) is 71.2 cm³/mol. The fourth-order valence-corrected chi connectivity index (χ4v) is 2.31. The van der Waals surface area contributed by atoms with Gasteiger partial charge in [0.2, 0.25) is 17.6 Å². The first-order valence-electron chi connectivity index (χ1n) is 6.24. The number of hydrogen-bond donors (Lipinski definition) is 1. The number of benzene rings is 1. The van der Waals surface area contributed by atoms with Crippen molar-refractivity contribution in [1.29, 1.82) is 0 Å². The lowest BCUT2D eigenvalue weighted by Crippen LogP contribution is -2.39. The zero-order valence-corrected chi connectivity index (χ0v) is 11.7. The van der Waals surface area contributed by atoms with Crippen LogP contribution in [0.1, 0.15) is 24.3 Å². The van der Waals surface area contributed by atoms with Gasteiger partial charge in [0.05, 0.1) is 27.2 Å². The van der Waals surface area contributed by atoms with Crippen molar-refractivity contribution in [1.82, 2.24) is 5.32 Å². The summed E-state index contributed by atoms with van der Waals surface area (Å²) >= 11 is 0. The third kappa shape index (κ3) is 2.54. The molecule has 0 bridgehead atoms. The van der Waals surface area contributed by atoms with Crippen LogP contribution in [0, 0.1) is 0 Å². The average molecular weight is 279 g/mol. The summed E-state index contributed by atoms with van der Waals surface area (Å²) < 4.78 is 15.8. The normalized spacial score (nSPS) is 18.4. The van der Waals surface area contributed by atoms with Gasteiger partial charge in [-0.2, -0.15) is 0 Å². The van der Waals surface area contributed by atoms with Gasteiger partial charge in [-0.3, -0.25) is 14.9 Å². The van der Waals surface area contributed by atoms with Crippen molar-refractivity contribution < 1.29 is 23.8 Å². The molecule has 0 spiro atoms. The molecule has 1 unspecified atom stereocenters. The van der Waals surface area contributed by atoms with E-state index in [0.717, 1.165) is 5.56 Å². The number of carbonyl (C=O) groups excluding carboxylic acids is 2. The first-order valence-corrected chi connectivity index (χ1v) is 6.24. The fraction of sp³-hybridized carbons (Fsp3) is 0.429. The molecular weight excluding hydrogens is 262 g/mol. The van der Waals surface area contributed by atoms with Gasteiger partial charge in [-0.25, -0.2) is 0 Å². The number of nitrogens with one attached hydrogen (secondary N) is 1. The van der Waals surface area contributed by atoms with Crippen molar-refractivity contribution in [3.63, 3.8) is 0 Å². The van der Waals surface area contributed by atoms with Crippen LogP contribution in [0.15, 0.2) is 12.1 Å². The van der Waals surface area contributed by atoms with Crippen LogP contribution in [0.25, 0.3) is 0 Å².